The van der Waals surface area contributed by atoms with Crippen molar-refractivity contribution in [2.75, 3.05) is 0 Å². The van der Waals surface area contributed by atoms with Crippen LogP contribution >= 0.6 is 0 Å². The second kappa shape index (κ2) is 5.53. The van der Waals surface area contributed by atoms with Crippen LogP contribution in [-0.4, -0.2) is 36.2 Å². The monoisotopic (exact) mass is 246 g/mol. The van der Waals surface area contributed by atoms with Crippen LogP contribution in [0.2, 0.25) is 0 Å². The van der Waals surface area contributed by atoms with E-state index < -0.39 is 17.3 Å². The highest BCUT2D eigenvalue weighted by Crippen LogP contribution is 2.11. The number of carbonyl (C=O) groups excluding carboxylic acids is 6. The minimum absolute atomic E-state index is 0.000332. The second-order valence-electron chi connectivity index (χ2n) is 3.25. The molecule has 0 amide bonds. The van der Waals surface area contributed by atoms with E-state index in [1.165, 1.54) is 0 Å². The first-order chi connectivity index (χ1) is 8.53. The Bertz CT molecular complexity index is 477. The Hall–Kier alpha value is -2.76. The van der Waals surface area contributed by atoms with Crippen LogP contribution in [0.5, 0.6) is 0 Å². The summed E-state index contributed by atoms with van der Waals surface area (Å²) in [6.07, 6.45) is -0.000995. The van der Waals surface area contributed by atoms with Crippen molar-refractivity contribution >= 4 is 36.2 Å². The Labute approximate surface area is 101 Å². The number of benzene rings is 1. The zero-order chi connectivity index (χ0) is 13.7. The molecular formula is C12H6O6. The molecule has 0 aliphatic rings. The molecular weight excluding hydrogens is 240 g/mol. The molecule has 0 radical (unpaired) electrons. The Balaban J connectivity index is 3.46. The first-order valence-electron chi connectivity index (χ1n) is 4.67. The number of hydrogen-bond donors (Lipinski definition) is 0. The Morgan fingerprint density at radius 3 is 1.00 bits per heavy atom. The van der Waals surface area contributed by atoms with E-state index in [4.69, 9.17) is 0 Å². The molecule has 90 valence electrons. The van der Waals surface area contributed by atoms with Crippen LogP contribution in [0.15, 0.2) is 18.2 Å². The van der Waals surface area contributed by atoms with Crippen LogP contribution in [0.25, 0.3) is 0 Å². The summed E-state index contributed by atoms with van der Waals surface area (Å²) in [6.45, 7) is 0. The highest BCUT2D eigenvalue weighted by Gasteiger charge is 2.15. The van der Waals surface area contributed by atoms with Crippen molar-refractivity contribution in [3.63, 3.8) is 0 Å². The van der Waals surface area contributed by atoms with E-state index in [2.05, 4.69) is 0 Å². The van der Waals surface area contributed by atoms with Crippen LogP contribution in [-0.2, 0) is 14.4 Å². The third-order valence-electron chi connectivity index (χ3n) is 2.11. The molecule has 0 heterocycles. The maximum absolute atomic E-state index is 11.2. The van der Waals surface area contributed by atoms with Crippen molar-refractivity contribution in [2.45, 2.75) is 0 Å². The Kier molecular flexibility index (Phi) is 4.09. The van der Waals surface area contributed by atoms with Gasteiger partial charge in [0.05, 0.1) is 0 Å². The highest BCUT2D eigenvalue weighted by atomic mass is 16.2. The zero-order valence-electron chi connectivity index (χ0n) is 8.91. The maximum Gasteiger partial charge on any atom is 0.225 e. The molecule has 0 aliphatic carbocycles. The highest BCUT2D eigenvalue weighted by molar-refractivity contribution is 6.38. The van der Waals surface area contributed by atoms with Crippen molar-refractivity contribution in [2.24, 2.45) is 0 Å². The molecule has 0 unspecified atom stereocenters. The summed E-state index contributed by atoms with van der Waals surface area (Å²) in [5.74, 6) is -2.89. The van der Waals surface area contributed by atoms with Gasteiger partial charge in [0, 0.05) is 16.7 Å². The zero-order valence-corrected chi connectivity index (χ0v) is 8.91. The van der Waals surface area contributed by atoms with Gasteiger partial charge in [0.2, 0.25) is 17.3 Å². The van der Waals surface area contributed by atoms with Crippen LogP contribution in [0.1, 0.15) is 31.1 Å². The molecule has 1 aromatic rings. The van der Waals surface area contributed by atoms with Gasteiger partial charge in [-0.25, -0.2) is 0 Å². The van der Waals surface area contributed by atoms with Crippen molar-refractivity contribution in [3.8, 4) is 0 Å². The van der Waals surface area contributed by atoms with Crippen molar-refractivity contribution < 1.29 is 28.8 Å². The van der Waals surface area contributed by atoms with E-state index in [9.17, 15) is 28.8 Å². The molecule has 6 nitrogen and oxygen atoms in total. The molecule has 0 saturated carbocycles. The summed E-state index contributed by atoms with van der Waals surface area (Å²) in [6, 6.07) is 3.03. The molecule has 0 aromatic heterocycles. The molecule has 18 heavy (non-hydrogen) atoms. The largest absolute Gasteiger partial charge is 0.294 e. The van der Waals surface area contributed by atoms with Crippen molar-refractivity contribution in [1.29, 1.82) is 0 Å². The number of aldehydes is 3. The minimum Gasteiger partial charge on any atom is -0.294 e. The Morgan fingerprint density at radius 1 is 0.611 bits per heavy atom. The number of carbonyl (C=O) groups is 6. The molecule has 6 heteroatoms. The average Bonchev–Trinajstić information content (AvgIpc) is 2.43. The van der Waals surface area contributed by atoms with Gasteiger partial charge in [-0.2, -0.15) is 0 Å². The molecule has 0 bridgehead atoms. The van der Waals surface area contributed by atoms with Crippen LogP contribution in [0.4, 0.5) is 0 Å². The third-order valence-corrected chi connectivity index (χ3v) is 2.11. The minimum atomic E-state index is -0.963. The summed E-state index contributed by atoms with van der Waals surface area (Å²) >= 11 is 0. The maximum atomic E-state index is 11.2. The summed E-state index contributed by atoms with van der Waals surface area (Å²) in [7, 11) is 0. The molecule has 1 rings (SSSR count). The van der Waals surface area contributed by atoms with E-state index >= 15 is 0 Å². The smallest absolute Gasteiger partial charge is 0.225 e. The lowest BCUT2D eigenvalue weighted by molar-refractivity contribution is -0.105. The predicted molar refractivity (Wildman–Crippen MR) is 57.6 cm³/mol. The van der Waals surface area contributed by atoms with E-state index in [0.29, 0.717) is 0 Å². The number of hydrogen-bond acceptors (Lipinski definition) is 6. The normalized spacial score (nSPS) is 9.33. The van der Waals surface area contributed by atoms with Gasteiger partial charge in [-0.3, -0.25) is 28.8 Å². The lowest BCUT2D eigenvalue weighted by Crippen LogP contribution is -2.10. The van der Waals surface area contributed by atoms with Crippen molar-refractivity contribution in [1.82, 2.24) is 0 Å². The fourth-order valence-electron chi connectivity index (χ4n) is 1.26. The molecule has 0 atom stereocenters. The third kappa shape index (κ3) is 2.67. The van der Waals surface area contributed by atoms with Gasteiger partial charge in [-0.15, -0.1) is 0 Å². The summed E-state index contributed by atoms with van der Waals surface area (Å²) < 4.78 is 0. The van der Waals surface area contributed by atoms with Crippen LogP contribution < -0.4 is 0 Å². The standard InChI is InChI=1S/C12H6O6/c13-4-10(16)7-1-8(11(17)5-14)3-9(2-7)12(18)6-15/h1-6H. The van der Waals surface area contributed by atoms with E-state index in [1.807, 2.05) is 0 Å². The number of rotatable bonds is 6. The average molecular weight is 246 g/mol. The topological polar surface area (TPSA) is 102 Å². The molecule has 0 fully saturated rings. The van der Waals surface area contributed by atoms with Gasteiger partial charge in [0.25, 0.3) is 0 Å². The van der Waals surface area contributed by atoms with E-state index in [1.54, 1.807) is 0 Å². The fourth-order valence-corrected chi connectivity index (χ4v) is 1.26. The summed E-state index contributed by atoms with van der Waals surface area (Å²) in [4.78, 5) is 64.6. The lowest BCUT2D eigenvalue weighted by Gasteiger charge is -2.02. The van der Waals surface area contributed by atoms with Crippen molar-refractivity contribution in [3.05, 3.63) is 34.9 Å². The van der Waals surface area contributed by atoms with Gasteiger partial charge in [0.1, 0.15) is 0 Å². The van der Waals surface area contributed by atoms with Gasteiger partial charge < -0.3 is 0 Å². The van der Waals surface area contributed by atoms with Gasteiger partial charge >= 0.3 is 0 Å². The van der Waals surface area contributed by atoms with Gasteiger partial charge in [0.15, 0.2) is 18.9 Å². The van der Waals surface area contributed by atoms with E-state index in [-0.39, 0.29) is 35.5 Å². The molecule has 0 aliphatic heterocycles. The first-order valence-corrected chi connectivity index (χ1v) is 4.67. The van der Waals surface area contributed by atoms with Crippen LogP contribution in [0, 0.1) is 0 Å². The lowest BCUT2D eigenvalue weighted by atomic mass is 9.99. The predicted octanol–water partition coefficient (Wildman–Crippen LogP) is -0.169. The Morgan fingerprint density at radius 2 is 0.833 bits per heavy atom. The van der Waals surface area contributed by atoms with Crippen LogP contribution in [0.3, 0.4) is 0 Å². The fraction of sp³-hybridized carbons (Fsp3) is 0. The molecule has 0 saturated heterocycles. The summed E-state index contributed by atoms with van der Waals surface area (Å²) in [5.41, 5.74) is -0.700. The number of Topliss-reactive ketones (excluding diaryl/α,β-unsaturated/α-hetero) is 3. The van der Waals surface area contributed by atoms with E-state index in [0.717, 1.165) is 18.2 Å². The summed E-state index contributed by atoms with van der Waals surface area (Å²) in [5, 5.41) is 0. The second-order valence-corrected chi connectivity index (χ2v) is 3.25. The van der Waals surface area contributed by atoms with Gasteiger partial charge in [-0.1, -0.05) is 0 Å². The molecule has 1 aromatic carbocycles. The molecule has 0 spiro atoms. The quantitative estimate of drug-likeness (QED) is 0.392. The molecule has 0 N–H and O–H groups in total. The SMILES string of the molecule is O=CC(=O)c1cc(C(=O)C=O)cc(C(=O)C=O)c1. The van der Waals surface area contributed by atoms with Gasteiger partial charge in [-0.05, 0) is 18.2 Å². The first kappa shape index (κ1) is 13.3. The number of ketones is 3.